The fourth-order valence-electron chi connectivity index (χ4n) is 4.91. The van der Waals surface area contributed by atoms with E-state index in [1.54, 1.807) is 5.57 Å². The van der Waals surface area contributed by atoms with E-state index in [0.717, 1.165) is 38.6 Å². The summed E-state index contributed by atoms with van der Waals surface area (Å²) < 4.78 is 5.64. The second-order valence-electron chi connectivity index (χ2n) is 7.98. The Morgan fingerprint density at radius 3 is 2.46 bits per heavy atom. The number of benzene rings is 1. The number of nitrogens with zero attached hydrogens (tertiary/aromatic N) is 1. The predicted octanol–water partition coefficient (Wildman–Crippen LogP) is 3.40. The molecular weight excluding hydrogens is 326 g/mol. The minimum absolute atomic E-state index is 0.0452. The Morgan fingerprint density at radius 1 is 1.15 bits per heavy atom. The number of carbonyl (C=O) groups excluding carboxylic acids is 1. The van der Waals surface area contributed by atoms with Crippen LogP contribution in [0.1, 0.15) is 50.5 Å². The van der Waals surface area contributed by atoms with Crippen molar-refractivity contribution < 1.29 is 14.6 Å². The average Bonchev–Trinajstić information content (AvgIpc) is 3.24. The number of rotatable bonds is 6. The van der Waals surface area contributed by atoms with Crippen molar-refractivity contribution in [3.63, 3.8) is 0 Å². The molecule has 1 atom stereocenters. The average molecular weight is 355 g/mol. The van der Waals surface area contributed by atoms with Crippen LogP contribution in [0.25, 0.3) is 0 Å². The molecule has 3 aliphatic heterocycles. The largest absolute Gasteiger partial charge is 0.463 e. The van der Waals surface area contributed by atoms with E-state index in [9.17, 15) is 9.90 Å². The third kappa shape index (κ3) is 3.33. The molecule has 0 aromatic heterocycles. The first kappa shape index (κ1) is 17.7. The molecule has 2 bridgehead atoms. The molecule has 4 aliphatic rings. The quantitative estimate of drug-likeness (QED) is 0.628. The van der Waals surface area contributed by atoms with Crippen molar-refractivity contribution in [2.24, 2.45) is 5.92 Å². The van der Waals surface area contributed by atoms with Crippen LogP contribution in [0.5, 0.6) is 0 Å². The molecule has 0 spiro atoms. The number of piperidine rings is 1. The van der Waals surface area contributed by atoms with Gasteiger partial charge in [0.1, 0.15) is 0 Å². The van der Waals surface area contributed by atoms with Crippen molar-refractivity contribution >= 4 is 5.97 Å². The van der Waals surface area contributed by atoms with E-state index in [4.69, 9.17) is 4.74 Å². The summed E-state index contributed by atoms with van der Waals surface area (Å²) in [6.07, 6.45) is 7.03. The Balaban J connectivity index is 1.44. The van der Waals surface area contributed by atoms with Crippen LogP contribution in [-0.4, -0.2) is 42.2 Å². The molecule has 1 N–H and O–H groups in total. The van der Waals surface area contributed by atoms with Gasteiger partial charge >= 0.3 is 5.97 Å². The van der Waals surface area contributed by atoms with Crippen molar-refractivity contribution in [2.45, 2.75) is 50.5 Å². The summed E-state index contributed by atoms with van der Waals surface area (Å²) in [5.74, 6) is -0.515. The van der Waals surface area contributed by atoms with Crippen molar-refractivity contribution in [1.82, 2.24) is 4.90 Å². The van der Waals surface area contributed by atoms with Crippen molar-refractivity contribution in [3.05, 3.63) is 47.0 Å². The second kappa shape index (κ2) is 7.53. The molecule has 0 amide bonds. The van der Waals surface area contributed by atoms with E-state index in [0.29, 0.717) is 12.2 Å². The lowest BCUT2D eigenvalue weighted by Crippen LogP contribution is -2.43. The Hall–Kier alpha value is -1.65. The SMILES string of the molecule is O=C(OCCC1=C2CCN(CC2)C1)[C@](O)(c1ccccc1)C1CCCC1. The van der Waals surface area contributed by atoms with E-state index < -0.39 is 11.6 Å². The normalized spacial score (nSPS) is 23.3. The molecule has 5 rings (SSSR count). The van der Waals surface area contributed by atoms with Crippen LogP contribution in [0.3, 0.4) is 0 Å². The molecule has 2 fully saturated rings. The van der Waals surface area contributed by atoms with Crippen LogP contribution in [0.2, 0.25) is 0 Å². The fourth-order valence-corrected chi connectivity index (χ4v) is 4.91. The van der Waals surface area contributed by atoms with E-state index in [1.807, 2.05) is 30.3 Å². The maximum atomic E-state index is 13.0. The molecule has 26 heavy (non-hydrogen) atoms. The molecule has 3 heterocycles. The van der Waals surface area contributed by atoms with Gasteiger partial charge in [0.25, 0.3) is 0 Å². The summed E-state index contributed by atoms with van der Waals surface area (Å²) in [5, 5.41) is 11.4. The van der Waals surface area contributed by atoms with E-state index in [1.165, 1.54) is 31.5 Å². The van der Waals surface area contributed by atoms with Gasteiger partial charge in [0.15, 0.2) is 5.60 Å². The summed E-state index contributed by atoms with van der Waals surface area (Å²) >= 11 is 0. The summed E-state index contributed by atoms with van der Waals surface area (Å²) in [5.41, 5.74) is 2.17. The first-order valence-corrected chi connectivity index (χ1v) is 10.0. The maximum Gasteiger partial charge on any atom is 0.343 e. The third-order valence-electron chi connectivity index (χ3n) is 6.48. The summed E-state index contributed by atoms with van der Waals surface area (Å²) in [6, 6.07) is 9.35. The highest BCUT2D eigenvalue weighted by atomic mass is 16.5. The fraction of sp³-hybridized carbons (Fsp3) is 0.591. The van der Waals surface area contributed by atoms with Crippen molar-refractivity contribution in [2.75, 3.05) is 26.2 Å². The van der Waals surface area contributed by atoms with Gasteiger partial charge in [-0.2, -0.15) is 0 Å². The summed E-state index contributed by atoms with van der Waals surface area (Å²) in [4.78, 5) is 15.4. The molecular formula is C22H29NO3. The lowest BCUT2D eigenvalue weighted by Gasteiger charge is -2.37. The molecule has 0 unspecified atom stereocenters. The van der Waals surface area contributed by atoms with Gasteiger partial charge in [-0.1, -0.05) is 54.3 Å². The highest BCUT2D eigenvalue weighted by Crippen LogP contribution is 2.41. The minimum atomic E-state index is -1.51. The topological polar surface area (TPSA) is 49.8 Å². The van der Waals surface area contributed by atoms with Crippen LogP contribution < -0.4 is 0 Å². The van der Waals surface area contributed by atoms with E-state index >= 15 is 0 Å². The molecule has 1 aromatic carbocycles. The Labute approximate surface area is 155 Å². The van der Waals surface area contributed by atoms with Crippen molar-refractivity contribution in [3.8, 4) is 0 Å². The molecule has 4 nitrogen and oxygen atoms in total. The predicted molar refractivity (Wildman–Crippen MR) is 101 cm³/mol. The molecule has 140 valence electrons. The van der Waals surface area contributed by atoms with Gasteiger partial charge in [-0.05, 0) is 31.2 Å². The number of fused-ring (bicyclic) bond motifs is 3. The minimum Gasteiger partial charge on any atom is -0.463 e. The van der Waals surface area contributed by atoms with Gasteiger partial charge in [0.05, 0.1) is 6.61 Å². The number of hydrogen-bond donors (Lipinski definition) is 1. The van der Waals surface area contributed by atoms with Gasteiger partial charge in [-0.25, -0.2) is 4.79 Å². The van der Waals surface area contributed by atoms with Crippen LogP contribution in [-0.2, 0) is 15.1 Å². The number of ether oxygens (including phenoxy) is 1. The van der Waals surface area contributed by atoms with E-state index in [-0.39, 0.29) is 5.92 Å². The van der Waals surface area contributed by atoms with Crippen LogP contribution in [0, 0.1) is 5.92 Å². The maximum absolute atomic E-state index is 13.0. The standard InChI is InChI=1S/C22H29NO3/c24-21(26-15-12-18-16-23-13-10-17(18)11-14-23)22(25,20-8-4-5-9-20)19-6-2-1-3-7-19/h1-3,6-7,20,25H,4-5,8-16H2/t22-/m0/s1. The molecule has 1 aromatic rings. The Morgan fingerprint density at radius 2 is 1.85 bits per heavy atom. The molecule has 4 heteroatoms. The van der Waals surface area contributed by atoms with Crippen LogP contribution in [0.15, 0.2) is 41.5 Å². The molecule has 0 radical (unpaired) electrons. The number of aliphatic hydroxyl groups is 1. The Kier molecular flexibility index (Phi) is 5.14. The van der Waals surface area contributed by atoms with Crippen LogP contribution in [0.4, 0.5) is 0 Å². The lowest BCUT2D eigenvalue weighted by atomic mass is 9.80. The van der Waals surface area contributed by atoms with Gasteiger partial charge < -0.3 is 9.84 Å². The highest BCUT2D eigenvalue weighted by molar-refractivity contribution is 5.81. The number of carbonyl (C=O) groups is 1. The zero-order valence-corrected chi connectivity index (χ0v) is 15.5. The summed E-state index contributed by atoms with van der Waals surface area (Å²) in [7, 11) is 0. The first-order valence-electron chi connectivity index (χ1n) is 10.0. The van der Waals surface area contributed by atoms with Gasteiger partial charge in [0.2, 0.25) is 0 Å². The smallest absolute Gasteiger partial charge is 0.343 e. The zero-order chi connectivity index (χ0) is 18.0. The molecule has 1 saturated heterocycles. The second-order valence-corrected chi connectivity index (χ2v) is 7.98. The number of hydrogen-bond acceptors (Lipinski definition) is 4. The molecule has 1 aliphatic carbocycles. The number of esters is 1. The summed E-state index contributed by atoms with van der Waals surface area (Å²) in [6.45, 7) is 3.74. The Bertz CT molecular complexity index is 668. The van der Waals surface area contributed by atoms with Gasteiger partial charge in [-0.15, -0.1) is 0 Å². The lowest BCUT2D eigenvalue weighted by molar-refractivity contribution is -0.173. The van der Waals surface area contributed by atoms with Gasteiger partial charge in [0, 0.05) is 32.0 Å². The highest BCUT2D eigenvalue weighted by Gasteiger charge is 2.47. The van der Waals surface area contributed by atoms with Gasteiger partial charge in [-0.3, -0.25) is 4.90 Å². The van der Waals surface area contributed by atoms with Crippen LogP contribution >= 0.6 is 0 Å². The third-order valence-corrected chi connectivity index (χ3v) is 6.48. The monoisotopic (exact) mass is 355 g/mol. The van der Waals surface area contributed by atoms with E-state index in [2.05, 4.69) is 4.90 Å². The molecule has 1 saturated carbocycles. The zero-order valence-electron chi connectivity index (χ0n) is 15.5. The van der Waals surface area contributed by atoms with Crippen molar-refractivity contribution in [1.29, 1.82) is 0 Å². The first-order chi connectivity index (χ1) is 12.7.